The van der Waals surface area contributed by atoms with E-state index in [-0.39, 0.29) is 16.7 Å². The summed E-state index contributed by atoms with van der Waals surface area (Å²) in [7, 11) is -3.37. The average Bonchev–Trinajstić information content (AvgIpc) is 2.73. The zero-order chi connectivity index (χ0) is 22.0. The number of aryl methyl sites for hydroxylation is 1. The van der Waals surface area contributed by atoms with Gasteiger partial charge in [-0.05, 0) is 41.8 Å². The van der Waals surface area contributed by atoms with Gasteiger partial charge in [-0.1, -0.05) is 13.0 Å². The highest BCUT2D eigenvalue weighted by molar-refractivity contribution is 7.90. The average molecular weight is 443 g/mol. The van der Waals surface area contributed by atoms with Crippen LogP contribution in [0, 0.1) is 11.7 Å². The molecule has 0 saturated carbocycles. The van der Waals surface area contributed by atoms with Crippen LogP contribution in [0.3, 0.4) is 0 Å². The van der Waals surface area contributed by atoms with Crippen molar-refractivity contribution in [3.8, 4) is 16.9 Å². The van der Waals surface area contributed by atoms with E-state index in [0.717, 1.165) is 31.3 Å². The van der Waals surface area contributed by atoms with Crippen LogP contribution in [0.4, 0.5) is 10.3 Å². The number of aromatic nitrogens is 3. The molecule has 3 heterocycles. The minimum absolute atomic E-state index is 0.0158. The molecule has 1 aromatic carbocycles. The topological polar surface area (TPSA) is 85.3 Å². The van der Waals surface area contributed by atoms with Crippen molar-refractivity contribution in [3.05, 3.63) is 60.3 Å². The van der Waals surface area contributed by atoms with E-state index in [1.165, 1.54) is 18.3 Å². The Balaban J connectivity index is 1.33. The molecule has 0 spiro atoms. The Labute approximate surface area is 180 Å². The lowest BCUT2D eigenvalue weighted by atomic mass is 10.0. The van der Waals surface area contributed by atoms with Gasteiger partial charge in [-0.25, -0.2) is 27.8 Å². The maximum absolute atomic E-state index is 14.5. The van der Waals surface area contributed by atoms with E-state index in [2.05, 4.69) is 26.8 Å². The number of ether oxygens (including phenoxy) is 1. The van der Waals surface area contributed by atoms with Gasteiger partial charge in [0, 0.05) is 49.4 Å². The number of hydrogen-bond acceptors (Lipinski definition) is 7. The van der Waals surface area contributed by atoms with E-state index in [1.54, 1.807) is 18.2 Å². The van der Waals surface area contributed by atoms with Crippen molar-refractivity contribution in [3.63, 3.8) is 0 Å². The summed E-state index contributed by atoms with van der Waals surface area (Å²) in [5.41, 5.74) is 2.33. The first-order valence-electron chi connectivity index (χ1n) is 9.98. The van der Waals surface area contributed by atoms with E-state index in [1.807, 2.05) is 12.4 Å². The highest BCUT2D eigenvalue weighted by atomic mass is 32.2. The lowest BCUT2D eigenvalue weighted by Crippen LogP contribution is -2.50. The molecular formula is C22H23FN4O3S. The fourth-order valence-electron chi connectivity index (χ4n) is 3.31. The van der Waals surface area contributed by atoms with E-state index < -0.39 is 15.7 Å². The van der Waals surface area contributed by atoms with Gasteiger partial charge in [-0.3, -0.25) is 0 Å². The van der Waals surface area contributed by atoms with Crippen LogP contribution in [0.1, 0.15) is 12.5 Å². The van der Waals surface area contributed by atoms with Crippen LogP contribution >= 0.6 is 0 Å². The molecule has 4 rings (SSSR count). The molecule has 7 nitrogen and oxygen atoms in total. The standard InChI is InChI=1S/C22H23FN4O3S/c1-3-15-9-25-22(26-10-15)27-12-16(13-27)14-30-20-6-4-17(8-19(20)23)18-5-7-21(24-11-18)31(2,28)29/h4-11,16H,3,12-14H2,1-2H3. The number of pyridine rings is 1. The first-order chi connectivity index (χ1) is 14.8. The maximum atomic E-state index is 14.5. The number of benzene rings is 1. The molecule has 0 aliphatic carbocycles. The molecule has 0 N–H and O–H groups in total. The van der Waals surface area contributed by atoms with Crippen molar-refractivity contribution in [1.82, 2.24) is 15.0 Å². The molecule has 1 aliphatic heterocycles. The first-order valence-corrected chi connectivity index (χ1v) is 11.9. The Kier molecular flexibility index (Phi) is 5.86. The highest BCUT2D eigenvalue weighted by Crippen LogP contribution is 2.27. The second kappa shape index (κ2) is 8.58. The number of halogens is 1. The fraction of sp³-hybridized carbons (Fsp3) is 0.318. The summed E-state index contributed by atoms with van der Waals surface area (Å²) in [6, 6.07) is 7.69. The summed E-state index contributed by atoms with van der Waals surface area (Å²) in [6.45, 7) is 4.00. The Hall–Kier alpha value is -3.07. The number of anilines is 1. The molecular weight excluding hydrogens is 419 g/mol. The SMILES string of the molecule is CCc1cnc(N2CC(COc3ccc(-c4ccc(S(C)(=O)=O)nc4)cc3F)C2)nc1. The zero-order valence-corrected chi connectivity index (χ0v) is 18.1. The molecule has 1 aliphatic rings. The first kappa shape index (κ1) is 21.2. The Morgan fingerprint density at radius 2 is 1.77 bits per heavy atom. The largest absolute Gasteiger partial charge is 0.490 e. The van der Waals surface area contributed by atoms with Crippen LogP contribution in [-0.2, 0) is 16.3 Å². The van der Waals surface area contributed by atoms with Gasteiger partial charge in [0.05, 0.1) is 6.61 Å². The van der Waals surface area contributed by atoms with Crippen molar-refractivity contribution < 1.29 is 17.5 Å². The number of nitrogens with zero attached hydrogens (tertiary/aromatic N) is 4. The molecule has 0 unspecified atom stereocenters. The summed E-state index contributed by atoms with van der Waals surface area (Å²) in [6.07, 6.45) is 7.10. The van der Waals surface area contributed by atoms with Crippen LogP contribution in [0.5, 0.6) is 5.75 Å². The molecule has 3 aromatic rings. The normalized spacial score (nSPS) is 14.4. The van der Waals surface area contributed by atoms with Crippen LogP contribution in [0.25, 0.3) is 11.1 Å². The van der Waals surface area contributed by atoms with Crippen LogP contribution < -0.4 is 9.64 Å². The molecule has 0 radical (unpaired) electrons. The summed E-state index contributed by atoms with van der Waals surface area (Å²) in [4.78, 5) is 14.8. The molecule has 0 atom stereocenters. The van der Waals surface area contributed by atoms with Gasteiger partial charge in [0.25, 0.3) is 0 Å². The van der Waals surface area contributed by atoms with Gasteiger partial charge in [-0.2, -0.15) is 0 Å². The third kappa shape index (κ3) is 4.82. The molecule has 31 heavy (non-hydrogen) atoms. The maximum Gasteiger partial charge on any atom is 0.225 e. The molecule has 1 saturated heterocycles. The molecule has 162 valence electrons. The van der Waals surface area contributed by atoms with Gasteiger partial charge in [0.2, 0.25) is 5.95 Å². The number of rotatable bonds is 7. The van der Waals surface area contributed by atoms with E-state index in [4.69, 9.17) is 4.74 Å². The lowest BCUT2D eigenvalue weighted by Gasteiger charge is -2.38. The highest BCUT2D eigenvalue weighted by Gasteiger charge is 2.29. The molecule has 0 bridgehead atoms. The third-order valence-electron chi connectivity index (χ3n) is 5.20. The molecule has 9 heteroatoms. The lowest BCUT2D eigenvalue weighted by molar-refractivity contribution is 0.212. The molecule has 1 fully saturated rings. The van der Waals surface area contributed by atoms with Crippen LogP contribution in [0.15, 0.2) is 53.9 Å². The van der Waals surface area contributed by atoms with Crippen molar-refractivity contribution in [2.24, 2.45) is 5.92 Å². The Morgan fingerprint density at radius 1 is 1.06 bits per heavy atom. The van der Waals surface area contributed by atoms with Gasteiger partial charge in [-0.15, -0.1) is 0 Å². The Morgan fingerprint density at radius 3 is 2.35 bits per heavy atom. The minimum atomic E-state index is -3.37. The van der Waals surface area contributed by atoms with Crippen molar-refractivity contribution in [2.75, 3.05) is 30.9 Å². The zero-order valence-electron chi connectivity index (χ0n) is 17.3. The van der Waals surface area contributed by atoms with E-state index in [9.17, 15) is 12.8 Å². The second-order valence-corrected chi connectivity index (χ2v) is 9.59. The Bertz CT molecular complexity index is 1160. The predicted molar refractivity (Wildman–Crippen MR) is 115 cm³/mol. The van der Waals surface area contributed by atoms with Crippen LogP contribution in [0.2, 0.25) is 0 Å². The number of sulfone groups is 1. The van der Waals surface area contributed by atoms with Crippen LogP contribution in [-0.4, -0.2) is 49.3 Å². The minimum Gasteiger partial charge on any atom is -0.490 e. The summed E-state index contributed by atoms with van der Waals surface area (Å²) >= 11 is 0. The smallest absolute Gasteiger partial charge is 0.225 e. The second-order valence-electron chi connectivity index (χ2n) is 7.63. The summed E-state index contributed by atoms with van der Waals surface area (Å²) in [5, 5.41) is -0.0158. The number of hydrogen-bond donors (Lipinski definition) is 0. The van der Waals surface area contributed by atoms with Gasteiger partial charge >= 0.3 is 0 Å². The van der Waals surface area contributed by atoms with E-state index in [0.29, 0.717) is 23.7 Å². The fourth-order valence-corrected chi connectivity index (χ4v) is 3.87. The monoisotopic (exact) mass is 442 g/mol. The van der Waals surface area contributed by atoms with E-state index >= 15 is 0 Å². The van der Waals surface area contributed by atoms with Gasteiger partial charge in [0.1, 0.15) is 0 Å². The third-order valence-corrected chi connectivity index (χ3v) is 6.20. The van der Waals surface area contributed by atoms with Crippen molar-refractivity contribution in [1.29, 1.82) is 0 Å². The molecule has 0 amide bonds. The molecule has 2 aromatic heterocycles. The van der Waals surface area contributed by atoms with Crippen molar-refractivity contribution in [2.45, 2.75) is 18.4 Å². The quantitative estimate of drug-likeness (QED) is 0.556. The van der Waals surface area contributed by atoms with Gasteiger partial charge < -0.3 is 9.64 Å². The predicted octanol–water partition coefficient (Wildman–Crippen LogP) is 3.16. The van der Waals surface area contributed by atoms with Gasteiger partial charge in [0.15, 0.2) is 26.4 Å². The summed E-state index contributed by atoms with van der Waals surface area (Å²) in [5.74, 6) is 0.701. The van der Waals surface area contributed by atoms with Crippen molar-refractivity contribution >= 4 is 15.8 Å². The summed E-state index contributed by atoms with van der Waals surface area (Å²) < 4.78 is 43.2.